The van der Waals surface area contributed by atoms with Crippen LogP contribution in [0.25, 0.3) is 0 Å². The zero-order valence-corrected chi connectivity index (χ0v) is 12.1. The average Bonchev–Trinajstić information content (AvgIpc) is 2.88. The molecule has 19 heavy (non-hydrogen) atoms. The number of aryl methyl sites for hydroxylation is 1. The molecule has 1 aromatic heterocycles. The van der Waals surface area contributed by atoms with Gasteiger partial charge in [-0.05, 0) is 30.7 Å². The number of fused-ring (bicyclic) bond motifs is 3. The molecular weight excluding hydrogens is 262 g/mol. The molecule has 1 aromatic rings. The highest BCUT2D eigenvalue weighted by Gasteiger charge is 2.51. The zero-order chi connectivity index (χ0) is 13.7. The van der Waals surface area contributed by atoms with E-state index in [2.05, 4.69) is 4.98 Å². The molecule has 0 unspecified atom stereocenters. The number of aromatic nitrogens is 1. The van der Waals surface area contributed by atoms with Crippen molar-refractivity contribution in [3.8, 4) is 0 Å². The summed E-state index contributed by atoms with van der Waals surface area (Å²) in [6.07, 6.45) is 3.60. The molecule has 102 valence electrons. The van der Waals surface area contributed by atoms with Crippen molar-refractivity contribution in [2.45, 2.75) is 23.8 Å². The summed E-state index contributed by atoms with van der Waals surface area (Å²) >= 11 is 1.63. The third-order valence-corrected chi connectivity index (χ3v) is 4.63. The molecule has 1 saturated heterocycles. The van der Waals surface area contributed by atoms with Gasteiger partial charge < -0.3 is 4.98 Å². The molecule has 1 aliphatic heterocycles. The van der Waals surface area contributed by atoms with E-state index in [-0.39, 0.29) is 23.7 Å². The Morgan fingerprint density at radius 1 is 1.37 bits per heavy atom. The predicted molar refractivity (Wildman–Crippen MR) is 72.7 cm³/mol. The van der Waals surface area contributed by atoms with Gasteiger partial charge in [0.1, 0.15) is 0 Å². The van der Waals surface area contributed by atoms with Gasteiger partial charge in [-0.2, -0.15) is 0 Å². The third kappa shape index (κ3) is 1.74. The SMILES string of the molecule is CSc1cc2c([nH]1)CC[C@@H]1C(=O)N(N(C)C)C(=O)[C@H]21. The van der Waals surface area contributed by atoms with E-state index < -0.39 is 0 Å². The number of thioether (sulfide) groups is 1. The molecule has 1 fully saturated rings. The summed E-state index contributed by atoms with van der Waals surface area (Å²) < 4.78 is 0. The Bertz CT molecular complexity index is 552. The van der Waals surface area contributed by atoms with Crippen LogP contribution in [0.3, 0.4) is 0 Å². The van der Waals surface area contributed by atoms with Crippen molar-refractivity contribution in [1.29, 1.82) is 0 Å². The Kier molecular flexibility index (Phi) is 2.94. The molecular formula is C13H17N3O2S. The predicted octanol–water partition coefficient (Wildman–Crippen LogP) is 1.23. The lowest BCUT2D eigenvalue weighted by Gasteiger charge is -2.21. The number of hydrogen-bond donors (Lipinski definition) is 1. The van der Waals surface area contributed by atoms with Crippen molar-refractivity contribution >= 4 is 23.6 Å². The number of nitrogens with one attached hydrogen (secondary N) is 1. The highest BCUT2D eigenvalue weighted by atomic mass is 32.2. The number of carbonyl (C=O) groups is 2. The minimum absolute atomic E-state index is 0.0578. The molecule has 1 N–H and O–H groups in total. The second-order valence-corrected chi connectivity index (χ2v) is 6.08. The Morgan fingerprint density at radius 3 is 2.74 bits per heavy atom. The van der Waals surface area contributed by atoms with E-state index in [1.54, 1.807) is 30.9 Å². The Morgan fingerprint density at radius 2 is 2.11 bits per heavy atom. The average molecular weight is 279 g/mol. The van der Waals surface area contributed by atoms with Crippen molar-refractivity contribution < 1.29 is 9.59 Å². The minimum Gasteiger partial charge on any atom is -0.353 e. The lowest BCUT2D eigenvalue weighted by Crippen LogP contribution is -2.42. The van der Waals surface area contributed by atoms with Crippen LogP contribution in [0.15, 0.2) is 11.1 Å². The van der Waals surface area contributed by atoms with E-state index in [0.29, 0.717) is 0 Å². The molecule has 0 aromatic carbocycles. The van der Waals surface area contributed by atoms with Crippen LogP contribution in [-0.2, 0) is 16.0 Å². The summed E-state index contributed by atoms with van der Waals surface area (Å²) in [6.45, 7) is 0. The van der Waals surface area contributed by atoms with Crippen LogP contribution in [0.2, 0.25) is 0 Å². The monoisotopic (exact) mass is 279 g/mol. The second-order valence-electron chi connectivity index (χ2n) is 5.23. The van der Waals surface area contributed by atoms with Gasteiger partial charge in [-0.15, -0.1) is 11.8 Å². The normalized spacial score (nSPS) is 26.0. The van der Waals surface area contributed by atoms with E-state index >= 15 is 0 Å². The molecule has 2 heterocycles. The van der Waals surface area contributed by atoms with Crippen molar-refractivity contribution in [2.24, 2.45) is 5.92 Å². The maximum absolute atomic E-state index is 12.5. The second kappa shape index (κ2) is 4.38. The van der Waals surface area contributed by atoms with E-state index in [0.717, 1.165) is 29.1 Å². The van der Waals surface area contributed by atoms with Crippen LogP contribution in [0, 0.1) is 5.92 Å². The molecule has 0 radical (unpaired) electrons. The Balaban J connectivity index is 2.04. The number of hydrazine groups is 1. The molecule has 3 rings (SSSR count). The van der Waals surface area contributed by atoms with Gasteiger partial charge in [0.15, 0.2) is 0 Å². The third-order valence-electron chi connectivity index (χ3n) is 3.97. The first-order valence-electron chi connectivity index (χ1n) is 6.35. The van der Waals surface area contributed by atoms with Crippen molar-refractivity contribution in [3.63, 3.8) is 0 Å². The summed E-state index contributed by atoms with van der Waals surface area (Å²) in [6, 6.07) is 2.03. The van der Waals surface area contributed by atoms with Gasteiger partial charge in [0.25, 0.3) is 5.91 Å². The van der Waals surface area contributed by atoms with Gasteiger partial charge in [0.05, 0.1) is 16.9 Å². The van der Waals surface area contributed by atoms with E-state index in [4.69, 9.17) is 0 Å². The smallest absolute Gasteiger partial charge is 0.252 e. The van der Waals surface area contributed by atoms with Gasteiger partial charge in [0, 0.05) is 19.8 Å². The lowest BCUT2D eigenvalue weighted by molar-refractivity contribution is -0.154. The topological polar surface area (TPSA) is 56.4 Å². The maximum Gasteiger partial charge on any atom is 0.252 e. The molecule has 0 bridgehead atoms. The molecule has 5 nitrogen and oxygen atoms in total. The molecule has 0 spiro atoms. The molecule has 6 heteroatoms. The zero-order valence-electron chi connectivity index (χ0n) is 11.3. The Hall–Kier alpha value is -1.27. The Labute approximate surface area is 116 Å². The van der Waals surface area contributed by atoms with E-state index in [1.807, 2.05) is 12.3 Å². The van der Waals surface area contributed by atoms with Gasteiger partial charge in [-0.25, -0.2) is 10.0 Å². The van der Waals surface area contributed by atoms with Gasteiger partial charge in [-0.3, -0.25) is 9.59 Å². The van der Waals surface area contributed by atoms with Crippen LogP contribution in [0.1, 0.15) is 23.6 Å². The number of aromatic amines is 1. The standard InChI is InChI=1S/C13H17N3O2S/c1-15(2)16-12(17)7-4-5-9-8(11(7)13(16)18)6-10(14-9)19-3/h6-7,11,14H,4-5H2,1-3H3/t7-,11-/m0/s1. The van der Waals surface area contributed by atoms with Gasteiger partial charge in [-0.1, -0.05) is 0 Å². The first-order valence-corrected chi connectivity index (χ1v) is 7.58. The first-order chi connectivity index (χ1) is 9.04. The number of amides is 2. The number of rotatable bonds is 2. The van der Waals surface area contributed by atoms with Gasteiger partial charge in [0.2, 0.25) is 5.91 Å². The molecule has 1 aliphatic carbocycles. The van der Waals surface area contributed by atoms with Crippen LogP contribution in [-0.4, -0.2) is 47.2 Å². The van der Waals surface area contributed by atoms with Crippen molar-refractivity contribution in [2.75, 3.05) is 20.4 Å². The van der Waals surface area contributed by atoms with Crippen LogP contribution in [0.5, 0.6) is 0 Å². The highest BCUT2D eigenvalue weighted by Crippen LogP contribution is 2.44. The first kappa shape index (κ1) is 12.7. The summed E-state index contributed by atoms with van der Waals surface area (Å²) in [5.41, 5.74) is 2.13. The molecule has 0 saturated carbocycles. The summed E-state index contributed by atoms with van der Waals surface area (Å²) in [7, 11) is 3.47. The van der Waals surface area contributed by atoms with E-state index in [1.165, 1.54) is 5.01 Å². The molecule has 2 aliphatic rings. The summed E-state index contributed by atoms with van der Waals surface area (Å²) in [5, 5.41) is 3.94. The highest BCUT2D eigenvalue weighted by molar-refractivity contribution is 7.98. The number of nitrogens with zero attached hydrogens (tertiary/aromatic N) is 2. The quantitative estimate of drug-likeness (QED) is 0.653. The summed E-state index contributed by atoms with van der Waals surface area (Å²) in [5.74, 6) is -0.631. The number of imide groups is 1. The molecule has 2 atom stereocenters. The largest absolute Gasteiger partial charge is 0.353 e. The van der Waals surface area contributed by atoms with Crippen LogP contribution in [0.4, 0.5) is 0 Å². The molecule has 2 amide bonds. The van der Waals surface area contributed by atoms with Gasteiger partial charge >= 0.3 is 0 Å². The number of H-pyrrole nitrogens is 1. The summed E-state index contributed by atoms with van der Waals surface area (Å²) in [4.78, 5) is 28.2. The fraction of sp³-hybridized carbons (Fsp3) is 0.538. The maximum atomic E-state index is 12.5. The van der Waals surface area contributed by atoms with Crippen molar-refractivity contribution in [3.05, 3.63) is 17.3 Å². The van der Waals surface area contributed by atoms with Crippen molar-refractivity contribution in [1.82, 2.24) is 15.0 Å². The number of hydrogen-bond acceptors (Lipinski definition) is 4. The fourth-order valence-corrected chi connectivity index (χ4v) is 3.60. The fourth-order valence-electron chi connectivity index (χ4n) is 3.13. The van der Waals surface area contributed by atoms with E-state index in [9.17, 15) is 9.59 Å². The lowest BCUT2D eigenvalue weighted by atomic mass is 9.79. The minimum atomic E-state index is -0.296. The number of carbonyl (C=O) groups excluding carboxylic acids is 2. The van der Waals surface area contributed by atoms with Crippen LogP contribution >= 0.6 is 11.8 Å². The van der Waals surface area contributed by atoms with Crippen LogP contribution < -0.4 is 0 Å².